The van der Waals surface area contributed by atoms with Gasteiger partial charge < -0.3 is 15.0 Å². The zero-order valence-electron chi connectivity index (χ0n) is 11.4. The van der Waals surface area contributed by atoms with E-state index in [-0.39, 0.29) is 5.41 Å². The zero-order chi connectivity index (χ0) is 13.0. The van der Waals surface area contributed by atoms with Crippen LogP contribution >= 0.6 is 0 Å². The summed E-state index contributed by atoms with van der Waals surface area (Å²) in [6, 6.07) is 0. The van der Waals surface area contributed by atoms with Gasteiger partial charge in [0.15, 0.2) is 0 Å². The lowest BCUT2D eigenvalue weighted by molar-refractivity contribution is 0.00229. The highest BCUT2D eigenvalue weighted by Gasteiger charge is 2.32. The van der Waals surface area contributed by atoms with Gasteiger partial charge in [-0.2, -0.15) is 0 Å². The zero-order valence-corrected chi connectivity index (χ0v) is 11.4. The summed E-state index contributed by atoms with van der Waals surface area (Å²) in [6.45, 7) is 4.30. The van der Waals surface area contributed by atoms with E-state index in [1.165, 1.54) is 0 Å². The normalized spacial score (nSPS) is 19.3. The molecule has 102 valence electrons. The molecule has 0 atom stereocenters. The Morgan fingerprint density at radius 1 is 1.50 bits per heavy atom. The van der Waals surface area contributed by atoms with Crippen molar-refractivity contribution in [2.75, 3.05) is 33.4 Å². The molecule has 0 radical (unpaired) electrons. The first-order valence-electron chi connectivity index (χ1n) is 6.58. The number of nitrogens with two attached hydrogens (primary N) is 1. The number of imidazole rings is 1. The van der Waals surface area contributed by atoms with Crippen LogP contribution in [0.1, 0.15) is 18.7 Å². The maximum atomic E-state index is 5.99. The average molecular weight is 252 g/mol. The molecule has 1 aromatic rings. The molecule has 1 aliphatic rings. The van der Waals surface area contributed by atoms with E-state index in [0.717, 1.165) is 51.5 Å². The van der Waals surface area contributed by atoms with E-state index in [0.29, 0.717) is 0 Å². The lowest BCUT2D eigenvalue weighted by Gasteiger charge is -2.39. The van der Waals surface area contributed by atoms with Crippen molar-refractivity contribution >= 4 is 0 Å². The van der Waals surface area contributed by atoms with Crippen molar-refractivity contribution in [3.63, 3.8) is 0 Å². The average Bonchev–Trinajstić information content (AvgIpc) is 2.76. The molecule has 1 saturated heterocycles. The topological polar surface area (TPSA) is 56.3 Å². The van der Waals surface area contributed by atoms with Crippen molar-refractivity contribution in [3.05, 3.63) is 18.2 Å². The fourth-order valence-electron chi connectivity index (χ4n) is 2.65. The second-order valence-electron chi connectivity index (χ2n) is 5.44. The monoisotopic (exact) mass is 252 g/mol. The Kier molecular flexibility index (Phi) is 4.37. The highest BCUT2D eigenvalue weighted by Crippen LogP contribution is 2.30. The van der Waals surface area contributed by atoms with Crippen LogP contribution in [-0.4, -0.2) is 47.8 Å². The van der Waals surface area contributed by atoms with Crippen molar-refractivity contribution in [3.8, 4) is 0 Å². The summed E-state index contributed by atoms with van der Waals surface area (Å²) in [4.78, 5) is 6.68. The van der Waals surface area contributed by atoms with E-state index in [9.17, 15) is 0 Å². The van der Waals surface area contributed by atoms with E-state index in [1.54, 1.807) is 0 Å². The van der Waals surface area contributed by atoms with Crippen LogP contribution in [0.5, 0.6) is 0 Å². The predicted octanol–water partition coefficient (Wildman–Crippen LogP) is 0.607. The van der Waals surface area contributed by atoms with Crippen molar-refractivity contribution in [2.45, 2.75) is 19.4 Å². The van der Waals surface area contributed by atoms with Gasteiger partial charge in [0.1, 0.15) is 5.82 Å². The molecule has 0 aliphatic carbocycles. The number of hydrogen-bond donors (Lipinski definition) is 1. The summed E-state index contributed by atoms with van der Waals surface area (Å²) < 4.78 is 7.51. The minimum Gasteiger partial charge on any atom is -0.381 e. The quantitative estimate of drug-likeness (QED) is 0.834. The van der Waals surface area contributed by atoms with Gasteiger partial charge in [0.2, 0.25) is 0 Å². The Morgan fingerprint density at radius 2 is 2.22 bits per heavy atom. The third-order valence-corrected chi connectivity index (χ3v) is 3.92. The van der Waals surface area contributed by atoms with Gasteiger partial charge in [-0.05, 0) is 31.8 Å². The van der Waals surface area contributed by atoms with E-state index in [1.807, 2.05) is 19.4 Å². The van der Waals surface area contributed by atoms with Crippen LogP contribution in [-0.2, 0) is 18.3 Å². The van der Waals surface area contributed by atoms with Crippen LogP contribution < -0.4 is 5.73 Å². The first-order valence-corrected chi connectivity index (χ1v) is 6.58. The number of aromatic nitrogens is 2. The molecule has 0 aromatic carbocycles. The third kappa shape index (κ3) is 3.10. The molecule has 1 aliphatic heterocycles. The number of rotatable bonds is 5. The summed E-state index contributed by atoms with van der Waals surface area (Å²) in [6.07, 6.45) is 5.95. The van der Waals surface area contributed by atoms with Crippen LogP contribution in [0.25, 0.3) is 0 Å². The maximum Gasteiger partial charge on any atom is 0.122 e. The van der Waals surface area contributed by atoms with Crippen molar-refractivity contribution in [1.29, 1.82) is 0 Å². The lowest BCUT2D eigenvalue weighted by Crippen LogP contribution is -2.45. The Labute approximate surface area is 109 Å². The van der Waals surface area contributed by atoms with Gasteiger partial charge in [-0.15, -0.1) is 0 Å². The van der Waals surface area contributed by atoms with Gasteiger partial charge in [0.05, 0.1) is 6.54 Å². The van der Waals surface area contributed by atoms with Crippen molar-refractivity contribution < 1.29 is 4.74 Å². The molecule has 5 nitrogen and oxygen atoms in total. The molecule has 2 rings (SSSR count). The van der Waals surface area contributed by atoms with Gasteiger partial charge in [0.25, 0.3) is 0 Å². The highest BCUT2D eigenvalue weighted by molar-refractivity contribution is 4.92. The Morgan fingerprint density at radius 3 is 2.78 bits per heavy atom. The van der Waals surface area contributed by atoms with E-state index >= 15 is 0 Å². The van der Waals surface area contributed by atoms with Crippen LogP contribution in [0.3, 0.4) is 0 Å². The Balaban J connectivity index is 1.93. The summed E-state index contributed by atoms with van der Waals surface area (Å²) in [5, 5.41) is 0. The molecule has 1 fully saturated rings. The Bertz CT molecular complexity index is 371. The number of aryl methyl sites for hydroxylation is 1. The summed E-state index contributed by atoms with van der Waals surface area (Å²) in [5.74, 6) is 1.09. The van der Waals surface area contributed by atoms with Gasteiger partial charge in [-0.25, -0.2) is 4.98 Å². The van der Waals surface area contributed by atoms with Crippen LogP contribution in [0.4, 0.5) is 0 Å². The fraction of sp³-hybridized carbons (Fsp3) is 0.769. The Hall–Kier alpha value is -0.910. The highest BCUT2D eigenvalue weighted by atomic mass is 16.5. The molecule has 0 bridgehead atoms. The summed E-state index contributed by atoms with van der Waals surface area (Å²) in [7, 11) is 4.17. The maximum absolute atomic E-state index is 5.99. The molecular weight excluding hydrogens is 228 g/mol. The van der Waals surface area contributed by atoms with Crippen LogP contribution in [0.15, 0.2) is 12.4 Å². The molecule has 0 saturated carbocycles. The van der Waals surface area contributed by atoms with Gasteiger partial charge in [-0.1, -0.05) is 0 Å². The molecule has 2 heterocycles. The predicted molar refractivity (Wildman–Crippen MR) is 71.1 cm³/mol. The number of hydrogen-bond acceptors (Lipinski definition) is 4. The minimum atomic E-state index is 0.220. The molecule has 5 heteroatoms. The first kappa shape index (κ1) is 13.5. The molecule has 0 spiro atoms. The van der Waals surface area contributed by atoms with Crippen molar-refractivity contribution in [1.82, 2.24) is 14.5 Å². The molecular formula is C13H24N4O. The van der Waals surface area contributed by atoms with E-state index < -0.39 is 0 Å². The molecule has 0 amide bonds. The van der Waals surface area contributed by atoms with Gasteiger partial charge in [0, 0.05) is 39.2 Å². The number of ether oxygens (including phenoxy) is 1. The van der Waals surface area contributed by atoms with Crippen LogP contribution in [0, 0.1) is 5.41 Å². The third-order valence-electron chi connectivity index (χ3n) is 3.92. The largest absolute Gasteiger partial charge is 0.381 e. The van der Waals surface area contributed by atoms with Gasteiger partial charge >= 0.3 is 0 Å². The molecule has 1 aromatic heterocycles. The summed E-state index contributed by atoms with van der Waals surface area (Å²) in [5.41, 5.74) is 6.21. The first-order chi connectivity index (χ1) is 8.65. The number of nitrogens with zero attached hydrogens (tertiary/aromatic N) is 3. The SMILES string of the molecule is CN(Cc1nccn1C)CC1(CN)CCOCC1. The lowest BCUT2D eigenvalue weighted by atomic mass is 9.80. The molecule has 0 unspecified atom stereocenters. The smallest absolute Gasteiger partial charge is 0.122 e. The van der Waals surface area contributed by atoms with E-state index in [2.05, 4.69) is 21.5 Å². The molecule has 18 heavy (non-hydrogen) atoms. The van der Waals surface area contributed by atoms with E-state index in [4.69, 9.17) is 10.5 Å². The minimum absolute atomic E-state index is 0.220. The van der Waals surface area contributed by atoms with Gasteiger partial charge in [-0.3, -0.25) is 4.90 Å². The second-order valence-corrected chi connectivity index (χ2v) is 5.44. The van der Waals surface area contributed by atoms with Crippen molar-refractivity contribution in [2.24, 2.45) is 18.2 Å². The standard InChI is InChI=1S/C13H24N4O/c1-16(9-12-15-5-6-17(12)2)11-13(10-14)3-7-18-8-4-13/h5-6H,3-4,7-11,14H2,1-2H3. The van der Waals surface area contributed by atoms with Crippen LogP contribution in [0.2, 0.25) is 0 Å². The summed E-state index contributed by atoms with van der Waals surface area (Å²) >= 11 is 0. The fourth-order valence-corrected chi connectivity index (χ4v) is 2.65. The molecule has 2 N–H and O–H groups in total. The second kappa shape index (κ2) is 5.82.